The summed E-state index contributed by atoms with van der Waals surface area (Å²) >= 11 is 0. The van der Waals surface area contributed by atoms with Crippen molar-refractivity contribution in [1.29, 1.82) is 0 Å². The van der Waals surface area contributed by atoms with Crippen molar-refractivity contribution in [1.82, 2.24) is 5.32 Å². The number of para-hydroxylation sites is 1. The maximum Gasteiger partial charge on any atom is 0.264 e. The molecule has 0 spiro atoms. The number of nitrogens with one attached hydrogen (secondary N) is 1. The van der Waals surface area contributed by atoms with Crippen LogP contribution in [-0.4, -0.2) is 26.9 Å². The van der Waals surface area contributed by atoms with E-state index in [-0.39, 0.29) is 23.4 Å². The van der Waals surface area contributed by atoms with E-state index in [0.29, 0.717) is 5.69 Å². The number of hydrogen-bond acceptors (Lipinski definition) is 3. The summed E-state index contributed by atoms with van der Waals surface area (Å²) in [6.07, 6.45) is 0.779. The van der Waals surface area contributed by atoms with Gasteiger partial charge in [0, 0.05) is 6.04 Å². The van der Waals surface area contributed by atoms with Crippen LogP contribution < -0.4 is 9.62 Å². The number of carbonyl (C=O) groups is 1. The lowest BCUT2D eigenvalue weighted by molar-refractivity contribution is -0.120. The van der Waals surface area contributed by atoms with Gasteiger partial charge < -0.3 is 5.32 Å². The second-order valence-corrected chi connectivity index (χ2v) is 7.85. The van der Waals surface area contributed by atoms with Gasteiger partial charge in [0.2, 0.25) is 5.91 Å². The van der Waals surface area contributed by atoms with E-state index < -0.39 is 10.0 Å². The minimum atomic E-state index is -3.84. The van der Waals surface area contributed by atoms with Gasteiger partial charge in [-0.2, -0.15) is 0 Å². The van der Waals surface area contributed by atoms with E-state index in [1.807, 2.05) is 32.9 Å². The van der Waals surface area contributed by atoms with Crippen LogP contribution in [0.3, 0.4) is 0 Å². The predicted octanol–water partition coefficient (Wildman–Crippen LogP) is 3.11. The fraction of sp³-hybridized carbons (Fsp3) is 0.316. The maximum absolute atomic E-state index is 13.1. The van der Waals surface area contributed by atoms with Crippen molar-refractivity contribution in [2.24, 2.45) is 0 Å². The van der Waals surface area contributed by atoms with Crippen molar-refractivity contribution >= 4 is 21.6 Å². The maximum atomic E-state index is 13.1. The van der Waals surface area contributed by atoms with Gasteiger partial charge in [-0.05, 0) is 44.0 Å². The Labute approximate surface area is 149 Å². The Morgan fingerprint density at radius 1 is 1.08 bits per heavy atom. The molecule has 0 aliphatic carbocycles. The summed E-state index contributed by atoms with van der Waals surface area (Å²) < 4.78 is 27.4. The van der Waals surface area contributed by atoms with Gasteiger partial charge in [0.05, 0.1) is 10.6 Å². The highest BCUT2D eigenvalue weighted by Crippen LogP contribution is 2.26. The third-order valence-corrected chi connectivity index (χ3v) is 5.80. The lowest BCUT2D eigenvalue weighted by atomic mass is 10.2. The van der Waals surface area contributed by atoms with Gasteiger partial charge in [-0.3, -0.25) is 9.10 Å². The van der Waals surface area contributed by atoms with Crippen LogP contribution in [0, 0.1) is 6.92 Å². The van der Waals surface area contributed by atoms with Gasteiger partial charge in [-0.1, -0.05) is 43.3 Å². The number of rotatable bonds is 7. The fourth-order valence-corrected chi connectivity index (χ4v) is 3.92. The largest absolute Gasteiger partial charge is 0.352 e. The molecule has 6 heteroatoms. The van der Waals surface area contributed by atoms with Gasteiger partial charge in [-0.15, -0.1) is 0 Å². The Morgan fingerprint density at radius 3 is 2.28 bits per heavy atom. The Balaban J connectivity index is 2.43. The fourth-order valence-electron chi connectivity index (χ4n) is 2.42. The zero-order valence-electron chi connectivity index (χ0n) is 14.8. The van der Waals surface area contributed by atoms with Crippen LogP contribution in [0.15, 0.2) is 59.5 Å². The number of anilines is 1. The molecule has 1 amide bonds. The van der Waals surface area contributed by atoms with Crippen LogP contribution in [0.25, 0.3) is 0 Å². The normalized spacial score (nSPS) is 12.4. The first kappa shape index (κ1) is 19.0. The number of hydrogen-bond donors (Lipinski definition) is 1. The van der Waals surface area contributed by atoms with E-state index in [2.05, 4.69) is 5.32 Å². The average Bonchev–Trinajstić information content (AvgIpc) is 2.61. The molecule has 0 heterocycles. The zero-order chi connectivity index (χ0) is 18.4. The summed E-state index contributed by atoms with van der Waals surface area (Å²) in [7, 11) is -3.84. The molecule has 2 aromatic rings. The van der Waals surface area contributed by atoms with Gasteiger partial charge in [0.1, 0.15) is 6.54 Å². The summed E-state index contributed by atoms with van der Waals surface area (Å²) in [4.78, 5) is 12.5. The first-order valence-electron chi connectivity index (χ1n) is 8.29. The van der Waals surface area contributed by atoms with E-state index >= 15 is 0 Å². The van der Waals surface area contributed by atoms with Crippen molar-refractivity contribution < 1.29 is 13.2 Å². The Bertz CT molecular complexity index is 820. The second kappa shape index (κ2) is 8.16. The zero-order valence-corrected chi connectivity index (χ0v) is 15.6. The molecular weight excluding hydrogens is 336 g/mol. The van der Waals surface area contributed by atoms with Crippen molar-refractivity contribution in [2.45, 2.75) is 38.1 Å². The number of benzene rings is 2. The van der Waals surface area contributed by atoms with Gasteiger partial charge >= 0.3 is 0 Å². The molecule has 0 aliphatic rings. The number of carbonyl (C=O) groups excluding carboxylic acids is 1. The summed E-state index contributed by atoms with van der Waals surface area (Å²) in [5.74, 6) is -0.322. The molecule has 0 saturated heterocycles. The summed E-state index contributed by atoms with van der Waals surface area (Å²) in [5, 5.41) is 2.83. The van der Waals surface area contributed by atoms with Crippen LogP contribution in [-0.2, 0) is 14.8 Å². The summed E-state index contributed by atoms with van der Waals surface area (Å²) in [6.45, 7) is 5.42. The second-order valence-electron chi connectivity index (χ2n) is 5.99. The molecule has 5 nitrogen and oxygen atoms in total. The standard InChI is InChI=1S/C19H24N2O3S/c1-4-16(3)20-19(22)14-21(18-13-9-8-10-15(18)2)25(23,24)17-11-6-5-7-12-17/h5-13,16H,4,14H2,1-3H3,(H,20,22)/t16-/m1/s1. The highest BCUT2D eigenvalue weighted by Gasteiger charge is 2.28. The van der Waals surface area contributed by atoms with E-state index in [1.54, 1.807) is 30.3 Å². The molecule has 134 valence electrons. The van der Waals surface area contributed by atoms with E-state index in [0.717, 1.165) is 12.0 Å². The number of sulfonamides is 1. The summed E-state index contributed by atoms with van der Waals surface area (Å²) in [5.41, 5.74) is 1.30. The van der Waals surface area contributed by atoms with Gasteiger partial charge in [-0.25, -0.2) is 8.42 Å². The first-order valence-corrected chi connectivity index (χ1v) is 9.73. The van der Waals surface area contributed by atoms with E-state index in [4.69, 9.17) is 0 Å². The van der Waals surface area contributed by atoms with Crippen molar-refractivity contribution in [2.75, 3.05) is 10.8 Å². The minimum absolute atomic E-state index is 0.00866. The lowest BCUT2D eigenvalue weighted by Gasteiger charge is -2.26. The Hall–Kier alpha value is -2.34. The molecular formula is C19H24N2O3S. The molecule has 0 radical (unpaired) electrons. The molecule has 0 bridgehead atoms. The third-order valence-electron chi connectivity index (χ3n) is 4.02. The van der Waals surface area contributed by atoms with Gasteiger partial charge in [0.25, 0.3) is 10.0 Å². The average molecular weight is 360 g/mol. The number of amides is 1. The number of nitrogens with zero attached hydrogens (tertiary/aromatic N) is 1. The molecule has 0 fully saturated rings. The molecule has 0 aromatic heterocycles. The molecule has 2 aromatic carbocycles. The molecule has 2 rings (SSSR count). The quantitative estimate of drug-likeness (QED) is 0.825. The molecule has 0 saturated carbocycles. The van der Waals surface area contributed by atoms with Crippen molar-refractivity contribution in [3.8, 4) is 0 Å². The highest BCUT2D eigenvalue weighted by molar-refractivity contribution is 7.92. The molecule has 1 N–H and O–H groups in total. The number of aryl methyl sites for hydroxylation is 1. The lowest BCUT2D eigenvalue weighted by Crippen LogP contribution is -2.43. The SMILES string of the molecule is CC[C@@H](C)NC(=O)CN(c1ccccc1C)S(=O)(=O)c1ccccc1. The molecule has 0 unspecified atom stereocenters. The predicted molar refractivity (Wildman–Crippen MR) is 100 cm³/mol. The monoisotopic (exact) mass is 360 g/mol. The van der Waals surface area contributed by atoms with Crippen LogP contribution >= 0.6 is 0 Å². The van der Waals surface area contributed by atoms with Crippen molar-refractivity contribution in [3.05, 3.63) is 60.2 Å². The summed E-state index contributed by atoms with van der Waals surface area (Å²) in [6, 6.07) is 15.3. The minimum Gasteiger partial charge on any atom is -0.352 e. The molecule has 0 aliphatic heterocycles. The van der Waals surface area contributed by atoms with Gasteiger partial charge in [0.15, 0.2) is 0 Å². The topological polar surface area (TPSA) is 66.5 Å². The van der Waals surface area contributed by atoms with Crippen LogP contribution in [0.5, 0.6) is 0 Å². The third kappa shape index (κ3) is 4.60. The Kier molecular flexibility index (Phi) is 6.20. The first-order chi connectivity index (χ1) is 11.9. The van der Waals surface area contributed by atoms with Crippen LogP contribution in [0.4, 0.5) is 5.69 Å². The molecule has 1 atom stereocenters. The smallest absolute Gasteiger partial charge is 0.264 e. The van der Waals surface area contributed by atoms with E-state index in [1.165, 1.54) is 16.4 Å². The highest BCUT2D eigenvalue weighted by atomic mass is 32.2. The van der Waals surface area contributed by atoms with Crippen LogP contribution in [0.1, 0.15) is 25.8 Å². The molecule has 25 heavy (non-hydrogen) atoms. The Morgan fingerprint density at radius 2 is 1.68 bits per heavy atom. The van der Waals surface area contributed by atoms with Crippen LogP contribution in [0.2, 0.25) is 0 Å². The van der Waals surface area contributed by atoms with Crippen molar-refractivity contribution in [3.63, 3.8) is 0 Å². The van der Waals surface area contributed by atoms with E-state index in [9.17, 15) is 13.2 Å².